The maximum atomic E-state index is 12.7. The van der Waals surface area contributed by atoms with E-state index in [1.165, 1.54) is 6.07 Å². The first-order valence-corrected chi connectivity index (χ1v) is 4.36. The molecule has 0 saturated carbocycles. The number of benzene rings is 1. The number of hydrogen-bond donors (Lipinski definition) is 2. The van der Waals surface area contributed by atoms with Crippen molar-refractivity contribution in [3.05, 3.63) is 34.1 Å². The van der Waals surface area contributed by atoms with E-state index in [9.17, 15) is 14.5 Å². The van der Waals surface area contributed by atoms with Crippen LogP contribution in [-0.4, -0.2) is 22.7 Å². The minimum Gasteiger partial charge on any atom is -0.394 e. The van der Waals surface area contributed by atoms with Gasteiger partial charge in [-0.1, -0.05) is 0 Å². The van der Waals surface area contributed by atoms with E-state index in [4.69, 9.17) is 5.11 Å². The molecule has 0 saturated heterocycles. The lowest BCUT2D eigenvalue weighted by Crippen LogP contribution is -2.19. The van der Waals surface area contributed by atoms with Crippen LogP contribution in [0, 0.1) is 15.9 Å². The molecule has 0 aliphatic heterocycles. The molecule has 0 aromatic heterocycles. The number of nitrogens with zero attached hydrogens (tertiary/aromatic N) is 1. The maximum absolute atomic E-state index is 12.7. The molecule has 1 aromatic carbocycles. The van der Waals surface area contributed by atoms with Gasteiger partial charge in [-0.05, 0) is 19.1 Å². The first-order valence-electron chi connectivity index (χ1n) is 4.36. The second-order valence-electron chi connectivity index (χ2n) is 3.15. The zero-order valence-corrected chi connectivity index (χ0v) is 8.11. The van der Waals surface area contributed by atoms with Gasteiger partial charge in [0.25, 0.3) is 5.69 Å². The number of rotatable bonds is 4. The van der Waals surface area contributed by atoms with Crippen LogP contribution in [0.3, 0.4) is 0 Å². The van der Waals surface area contributed by atoms with Gasteiger partial charge in [-0.3, -0.25) is 10.1 Å². The third-order valence-corrected chi connectivity index (χ3v) is 1.83. The number of nitrogens with one attached hydrogen (secondary N) is 1. The van der Waals surface area contributed by atoms with Crippen LogP contribution >= 0.6 is 0 Å². The van der Waals surface area contributed by atoms with E-state index in [1.54, 1.807) is 6.92 Å². The van der Waals surface area contributed by atoms with Gasteiger partial charge in [0.05, 0.1) is 17.6 Å². The van der Waals surface area contributed by atoms with Crippen molar-refractivity contribution in [2.75, 3.05) is 11.9 Å². The fraction of sp³-hybridized carbons (Fsp3) is 0.333. The van der Waals surface area contributed by atoms with Crippen LogP contribution in [0.15, 0.2) is 18.2 Å². The summed E-state index contributed by atoms with van der Waals surface area (Å²) in [6.45, 7) is 1.50. The van der Waals surface area contributed by atoms with Crippen molar-refractivity contribution in [2.45, 2.75) is 13.0 Å². The lowest BCUT2D eigenvalue weighted by atomic mass is 10.2. The predicted octanol–water partition coefficient (Wildman–Crippen LogP) is 1.53. The highest BCUT2D eigenvalue weighted by Gasteiger charge is 2.15. The van der Waals surface area contributed by atoms with Crippen LogP contribution in [0.25, 0.3) is 0 Å². The average molecular weight is 214 g/mol. The van der Waals surface area contributed by atoms with Crippen LogP contribution in [0.5, 0.6) is 0 Å². The van der Waals surface area contributed by atoms with E-state index in [0.29, 0.717) is 0 Å². The molecule has 1 rings (SSSR count). The summed E-state index contributed by atoms with van der Waals surface area (Å²) in [5, 5.41) is 22.1. The zero-order valence-electron chi connectivity index (χ0n) is 8.11. The molecule has 82 valence electrons. The quantitative estimate of drug-likeness (QED) is 0.588. The molecule has 0 spiro atoms. The summed E-state index contributed by atoms with van der Waals surface area (Å²) in [7, 11) is 0. The number of aliphatic hydroxyl groups is 1. The van der Waals surface area contributed by atoms with Crippen molar-refractivity contribution in [2.24, 2.45) is 0 Å². The molecule has 0 radical (unpaired) electrons. The Morgan fingerprint density at radius 1 is 1.67 bits per heavy atom. The fourth-order valence-corrected chi connectivity index (χ4v) is 1.09. The number of nitro groups is 1. The van der Waals surface area contributed by atoms with Gasteiger partial charge < -0.3 is 10.4 Å². The highest BCUT2D eigenvalue weighted by molar-refractivity contribution is 5.61. The van der Waals surface area contributed by atoms with Crippen LogP contribution < -0.4 is 5.32 Å². The Hall–Kier alpha value is -1.69. The number of halogens is 1. The lowest BCUT2D eigenvalue weighted by Gasteiger charge is -2.12. The molecule has 0 bridgehead atoms. The summed E-state index contributed by atoms with van der Waals surface area (Å²) < 4.78 is 12.7. The maximum Gasteiger partial charge on any atom is 0.295 e. The Labute approximate surface area is 85.7 Å². The summed E-state index contributed by atoms with van der Waals surface area (Å²) in [6.07, 6.45) is 0. The lowest BCUT2D eigenvalue weighted by molar-refractivity contribution is -0.384. The van der Waals surface area contributed by atoms with Crippen LogP contribution in [0.2, 0.25) is 0 Å². The van der Waals surface area contributed by atoms with Gasteiger partial charge >= 0.3 is 0 Å². The second-order valence-corrected chi connectivity index (χ2v) is 3.15. The van der Waals surface area contributed by atoms with Crippen LogP contribution in [0.1, 0.15) is 6.92 Å². The third-order valence-electron chi connectivity index (χ3n) is 1.83. The Morgan fingerprint density at radius 3 is 2.87 bits per heavy atom. The third kappa shape index (κ3) is 2.88. The Balaban J connectivity index is 3.01. The molecule has 2 N–H and O–H groups in total. The topological polar surface area (TPSA) is 75.4 Å². The minimum absolute atomic E-state index is 0.158. The van der Waals surface area contributed by atoms with Gasteiger partial charge in [0, 0.05) is 6.04 Å². The van der Waals surface area contributed by atoms with E-state index in [2.05, 4.69) is 5.32 Å². The number of anilines is 1. The second kappa shape index (κ2) is 4.70. The predicted molar refractivity (Wildman–Crippen MR) is 53.2 cm³/mol. The van der Waals surface area contributed by atoms with Crippen molar-refractivity contribution >= 4 is 11.4 Å². The van der Waals surface area contributed by atoms with Crippen molar-refractivity contribution in [3.63, 3.8) is 0 Å². The van der Waals surface area contributed by atoms with Gasteiger partial charge in [0.2, 0.25) is 0 Å². The average Bonchev–Trinajstić information content (AvgIpc) is 2.20. The Kier molecular flexibility index (Phi) is 3.56. The molecule has 0 heterocycles. The smallest absolute Gasteiger partial charge is 0.295 e. The molecule has 0 aliphatic carbocycles. The largest absolute Gasteiger partial charge is 0.394 e. The summed E-state index contributed by atoms with van der Waals surface area (Å²) in [6, 6.07) is 2.92. The van der Waals surface area contributed by atoms with Gasteiger partial charge in [0.15, 0.2) is 0 Å². The first kappa shape index (κ1) is 11.4. The summed E-state index contributed by atoms with van der Waals surface area (Å²) in [4.78, 5) is 9.91. The molecule has 6 heteroatoms. The van der Waals surface area contributed by atoms with Gasteiger partial charge in [-0.2, -0.15) is 0 Å². The van der Waals surface area contributed by atoms with E-state index in [-0.39, 0.29) is 24.0 Å². The molecule has 1 atom stereocenters. The summed E-state index contributed by atoms with van der Waals surface area (Å²) in [5.41, 5.74) is -0.141. The van der Waals surface area contributed by atoms with Crippen molar-refractivity contribution in [1.82, 2.24) is 0 Å². The van der Waals surface area contributed by atoms with Crippen molar-refractivity contribution in [1.29, 1.82) is 0 Å². The van der Waals surface area contributed by atoms with E-state index < -0.39 is 10.7 Å². The Morgan fingerprint density at radius 2 is 2.33 bits per heavy atom. The molecule has 0 amide bonds. The zero-order chi connectivity index (χ0) is 11.4. The fourth-order valence-electron chi connectivity index (χ4n) is 1.09. The molecule has 15 heavy (non-hydrogen) atoms. The van der Waals surface area contributed by atoms with Crippen LogP contribution in [0.4, 0.5) is 15.8 Å². The normalized spacial score (nSPS) is 12.2. The highest BCUT2D eigenvalue weighted by atomic mass is 19.1. The molecular formula is C9H11FN2O3. The monoisotopic (exact) mass is 214 g/mol. The van der Waals surface area contributed by atoms with E-state index in [1.807, 2.05) is 0 Å². The molecule has 1 aromatic rings. The summed E-state index contributed by atoms with van der Waals surface area (Å²) in [5.74, 6) is -0.663. The van der Waals surface area contributed by atoms with Gasteiger partial charge in [-0.15, -0.1) is 0 Å². The number of aliphatic hydroxyl groups excluding tert-OH is 1. The minimum atomic E-state index is -0.671. The number of nitro benzene ring substituents is 1. The Bertz CT molecular complexity index is 370. The standard InChI is InChI=1S/C9H11FN2O3/c1-6(5-13)11-8-3-2-7(10)4-9(8)12(14)15/h2-4,6,11,13H,5H2,1H3/t6-/m1/s1. The SMILES string of the molecule is C[C@H](CO)Nc1ccc(F)cc1[N+](=O)[O-]. The van der Waals surface area contributed by atoms with Crippen molar-refractivity contribution < 1.29 is 14.4 Å². The van der Waals surface area contributed by atoms with Gasteiger partial charge in [-0.25, -0.2) is 4.39 Å². The number of hydrogen-bond acceptors (Lipinski definition) is 4. The molecule has 5 nitrogen and oxygen atoms in total. The molecule has 0 unspecified atom stereocenters. The van der Waals surface area contributed by atoms with Crippen molar-refractivity contribution in [3.8, 4) is 0 Å². The molecule has 0 fully saturated rings. The van der Waals surface area contributed by atoms with E-state index >= 15 is 0 Å². The highest BCUT2D eigenvalue weighted by Crippen LogP contribution is 2.25. The van der Waals surface area contributed by atoms with E-state index in [0.717, 1.165) is 12.1 Å². The first-order chi connectivity index (χ1) is 7.04. The van der Waals surface area contributed by atoms with Gasteiger partial charge in [0.1, 0.15) is 11.5 Å². The summed E-state index contributed by atoms with van der Waals surface area (Å²) >= 11 is 0. The molecular weight excluding hydrogens is 203 g/mol. The van der Waals surface area contributed by atoms with Crippen LogP contribution in [-0.2, 0) is 0 Å². The molecule has 0 aliphatic rings.